The highest BCUT2D eigenvalue weighted by Crippen LogP contribution is 2.14. The Labute approximate surface area is 470 Å². The van der Waals surface area contributed by atoms with Gasteiger partial charge in [-0.15, -0.1) is 0 Å². The van der Waals surface area contributed by atoms with E-state index in [-0.39, 0.29) is 57.1 Å². The molecular formula is C50H85N17O14. The van der Waals surface area contributed by atoms with Gasteiger partial charge in [0.15, 0.2) is 11.9 Å². The Bertz CT molecular complexity index is 2310. The van der Waals surface area contributed by atoms with Crippen LogP contribution in [0.25, 0.3) is 0 Å². The highest BCUT2D eigenvalue weighted by atomic mass is 16.4. The van der Waals surface area contributed by atoms with Gasteiger partial charge >= 0.3 is 5.97 Å². The molecule has 0 unspecified atom stereocenters. The van der Waals surface area contributed by atoms with Crippen LogP contribution in [-0.2, 0) is 59.2 Å². The first-order chi connectivity index (χ1) is 38.1. The minimum absolute atomic E-state index is 0.0333. The summed E-state index contributed by atoms with van der Waals surface area (Å²) in [6.07, 6.45) is 0.266. The van der Waals surface area contributed by atoms with Crippen LogP contribution >= 0.6 is 0 Å². The van der Waals surface area contributed by atoms with E-state index in [1.807, 2.05) is 0 Å². The van der Waals surface area contributed by atoms with Gasteiger partial charge < -0.3 is 96.3 Å². The standard InChI is InChI=1S/C50H85N17O14/c1-8-25(3)37(47(80)60-28(6)41(74)64-34(23-68)39(51)72)66-44(77)32(21-29-15-11-10-12-16-29)63-48(81)38(26(4)9-2)67-45(78)33(22-36(70)71)62-40(73)27(5)59-46(79)35(24-69)65-43(76)31(18-14-20-58-50(54)55)61-42(75)30(56-7)17-13-19-57-49(52)53/h10-12,15-16,25-28,30-35,37-38,56,68-69H,8-9,13-14,17-24H2,1-7H3,(H2,51,72)(H,59,79)(H,60,80)(H,61,75)(H,62,73)(H,63,81)(H,64,74)(H,65,76)(H,66,77)(H,67,78)(H,70,71)(H4,52,53,57)(H4,54,55,58)/t25-,26-,27-,28-,30-,31-,32-,33-,34-,35-,37-,38-/m0/s1. The molecule has 31 nitrogen and oxygen atoms in total. The number of nitrogens with one attached hydrogen (secondary N) is 14. The SMILES string of the molecule is CC[C@H](C)[C@H](NC(=O)[C@H](Cc1ccccc1)NC(=O)[C@@H](NC(=O)[C@H](CC(=O)O)NC(=O)[C@H](C)NC(=O)[C@H](CO)NC(=O)[C@H](CCCNC(=N)N)NC(=O)[C@H](CCCNC(=N)N)NC)[C@@H](C)CC)C(=O)N[C@@H](C)C(=O)N[C@@H](CO)C(N)=O. The lowest BCUT2D eigenvalue weighted by Crippen LogP contribution is -2.62. The largest absolute Gasteiger partial charge is 0.481 e. The molecule has 0 aliphatic rings. The number of carbonyl (C=O) groups is 11. The van der Waals surface area contributed by atoms with Crippen LogP contribution in [0.2, 0.25) is 0 Å². The number of likely N-dealkylation sites (N-methyl/N-ethyl adjacent to an activating group) is 1. The molecule has 454 valence electrons. The molecule has 0 aliphatic heterocycles. The number of nitrogens with two attached hydrogens (primary N) is 3. The second kappa shape index (κ2) is 36.9. The Balaban J connectivity index is 3.37. The van der Waals surface area contributed by atoms with Crippen LogP contribution in [0.15, 0.2) is 30.3 Å². The topological polar surface area (TPSA) is 519 Å². The lowest BCUT2D eigenvalue weighted by atomic mass is 9.95. The van der Waals surface area contributed by atoms with Gasteiger partial charge in [0.1, 0.15) is 54.4 Å². The van der Waals surface area contributed by atoms with Crippen molar-refractivity contribution in [1.82, 2.24) is 63.8 Å². The maximum Gasteiger partial charge on any atom is 0.305 e. The third-order valence-corrected chi connectivity index (χ3v) is 12.9. The van der Waals surface area contributed by atoms with Crippen molar-refractivity contribution in [2.75, 3.05) is 33.4 Å². The maximum atomic E-state index is 14.3. The van der Waals surface area contributed by atoms with Crippen LogP contribution in [-0.4, -0.2) is 186 Å². The number of hydrogen-bond acceptors (Lipinski definition) is 16. The molecule has 1 aromatic carbocycles. The zero-order valence-electron chi connectivity index (χ0n) is 46.9. The second-order valence-corrected chi connectivity index (χ2v) is 19.4. The number of aliphatic hydroxyl groups is 2. The molecule has 0 bridgehead atoms. The molecular weight excluding hydrogens is 1060 g/mol. The summed E-state index contributed by atoms with van der Waals surface area (Å²) in [6.45, 7) is 7.74. The molecule has 0 aromatic heterocycles. The number of primary amides is 1. The Hall–Kier alpha value is -8.19. The Kier molecular flexibility index (Phi) is 32.2. The number of aliphatic hydroxyl groups excluding tert-OH is 2. The molecule has 31 heteroatoms. The lowest BCUT2D eigenvalue weighted by molar-refractivity contribution is -0.142. The fourth-order valence-corrected chi connectivity index (χ4v) is 7.64. The summed E-state index contributed by atoms with van der Waals surface area (Å²) in [5.41, 5.74) is 16.4. The highest BCUT2D eigenvalue weighted by molar-refractivity contribution is 5.99. The van der Waals surface area contributed by atoms with E-state index in [1.54, 1.807) is 58.0 Å². The number of carboxylic acid groups (broad SMARTS) is 1. The van der Waals surface area contributed by atoms with Gasteiger partial charge in [-0.1, -0.05) is 70.9 Å². The van der Waals surface area contributed by atoms with E-state index < -0.39 is 157 Å². The second-order valence-electron chi connectivity index (χ2n) is 19.4. The highest BCUT2D eigenvalue weighted by Gasteiger charge is 2.37. The first-order valence-electron chi connectivity index (χ1n) is 26.5. The number of amides is 10. The Morgan fingerprint density at radius 1 is 0.494 bits per heavy atom. The molecule has 81 heavy (non-hydrogen) atoms. The summed E-state index contributed by atoms with van der Waals surface area (Å²) in [6, 6.07) is -5.68. The number of carbonyl (C=O) groups excluding carboxylic acids is 10. The molecule has 1 aromatic rings. The van der Waals surface area contributed by atoms with Gasteiger partial charge in [0, 0.05) is 19.5 Å². The van der Waals surface area contributed by atoms with E-state index in [0.717, 1.165) is 6.92 Å². The minimum atomic E-state index is -1.87. The van der Waals surface area contributed by atoms with Crippen molar-refractivity contribution in [3.05, 3.63) is 35.9 Å². The number of guanidine groups is 2. The van der Waals surface area contributed by atoms with Crippen molar-refractivity contribution < 1.29 is 68.1 Å². The van der Waals surface area contributed by atoms with E-state index in [1.165, 1.54) is 14.0 Å². The van der Waals surface area contributed by atoms with Gasteiger partial charge in [-0.05, 0) is 64.0 Å². The monoisotopic (exact) mass is 1150 g/mol. The lowest BCUT2D eigenvalue weighted by Gasteiger charge is -2.30. The van der Waals surface area contributed by atoms with Crippen LogP contribution in [0.3, 0.4) is 0 Å². The molecule has 0 saturated heterocycles. The molecule has 0 radical (unpaired) electrons. The van der Waals surface area contributed by atoms with Crippen molar-refractivity contribution >= 4 is 77.0 Å². The van der Waals surface area contributed by atoms with E-state index in [4.69, 9.17) is 28.0 Å². The number of carboxylic acids is 1. The zero-order valence-corrected chi connectivity index (χ0v) is 46.9. The summed E-state index contributed by atoms with van der Waals surface area (Å²) < 4.78 is 0. The smallest absolute Gasteiger partial charge is 0.305 e. The molecule has 0 aliphatic carbocycles. The van der Waals surface area contributed by atoms with Gasteiger partial charge in [-0.2, -0.15) is 0 Å². The molecule has 1 rings (SSSR count). The summed E-state index contributed by atoms with van der Waals surface area (Å²) in [4.78, 5) is 147. The molecule has 0 spiro atoms. The van der Waals surface area contributed by atoms with Crippen molar-refractivity contribution in [1.29, 1.82) is 10.8 Å². The third kappa shape index (κ3) is 26.1. The van der Waals surface area contributed by atoms with Gasteiger partial charge in [-0.25, -0.2) is 0 Å². The van der Waals surface area contributed by atoms with Crippen LogP contribution in [0.5, 0.6) is 0 Å². The van der Waals surface area contributed by atoms with E-state index in [2.05, 4.69) is 63.8 Å². The van der Waals surface area contributed by atoms with Crippen molar-refractivity contribution in [2.24, 2.45) is 29.0 Å². The molecule has 0 heterocycles. The molecule has 12 atom stereocenters. The van der Waals surface area contributed by atoms with Crippen LogP contribution in [0.1, 0.15) is 92.1 Å². The molecule has 10 amide bonds. The predicted molar refractivity (Wildman–Crippen MR) is 295 cm³/mol. The van der Waals surface area contributed by atoms with Crippen molar-refractivity contribution in [3.8, 4) is 0 Å². The average molecular weight is 1150 g/mol. The van der Waals surface area contributed by atoms with Crippen LogP contribution < -0.4 is 81.0 Å². The van der Waals surface area contributed by atoms with Gasteiger partial charge in [0.05, 0.1) is 25.7 Å². The van der Waals surface area contributed by atoms with Gasteiger partial charge in [-0.3, -0.25) is 63.6 Å². The molecule has 23 N–H and O–H groups in total. The van der Waals surface area contributed by atoms with Crippen LogP contribution in [0, 0.1) is 22.7 Å². The third-order valence-electron chi connectivity index (χ3n) is 12.9. The first kappa shape index (κ1) is 70.8. The first-order valence-corrected chi connectivity index (χ1v) is 26.5. The summed E-state index contributed by atoms with van der Waals surface area (Å²) in [5, 5.41) is 74.2. The number of benzene rings is 1. The predicted octanol–water partition coefficient (Wildman–Crippen LogP) is -6.22. The summed E-state index contributed by atoms with van der Waals surface area (Å²) in [7, 11) is 1.52. The zero-order chi connectivity index (χ0) is 61.5. The van der Waals surface area contributed by atoms with Gasteiger partial charge in [0.25, 0.3) is 0 Å². The van der Waals surface area contributed by atoms with Crippen molar-refractivity contribution in [3.63, 3.8) is 0 Å². The average Bonchev–Trinajstić information content (AvgIpc) is 3.41. The number of rotatable bonds is 38. The number of hydrogen-bond donors (Lipinski definition) is 20. The van der Waals surface area contributed by atoms with Gasteiger partial charge in [0.2, 0.25) is 59.1 Å². The fraction of sp³-hybridized carbons (Fsp3) is 0.620. The summed E-state index contributed by atoms with van der Waals surface area (Å²) in [5.74, 6) is -12.7. The quantitative estimate of drug-likeness (QED) is 0.0166. The normalized spacial score (nSPS) is 15.4. The summed E-state index contributed by atoms with van der Waals surface area (Å²) >= 11 is 0. The Morgan fingerprint density at radius 3 is 1.32 bits per heavy atom. The number of aliphatic carboxylic acids is 1. The molecule has 0 saturated carbocycles. The van der Waals surface area contributed by atoms with Crippen molar-refractivity contribution in [2.45, 2.75) is 153 Å². The fourth-order valence-electron chi connectivity index (χ4n) is 7.64. The molecule has 0 fully saturated rings. The van der Waals surface area contributed by atoms with E-state index in [0.29, 0.717) is 18.4 Å². The minimum Gasteiger partial charge on any atom is -0.481 e. The van der Waals surface area contributed by atoms with Crippen LogP contribution in [0.4, 0.5) is 0 Å². The Morgan fingerprint density at radius 2 is 0.877 bits per heavy atom. The maximum absolute atomic E-state index is 14.3. The van der Waals surface area contributed by atoms with E-state index in [9.17, 15) is 68.1 Å². The van der Waals surface area contributed by atoms with E-state index >= 15 is 0 Å².